The van der Waals surface area contributed by atoms with Gasteiger partial charge in [0.15, 0.2) is 5.78 Å². The van der Waals surface area contributed by atoms with Gasteiger partial charge in [-0.15, -0.1) is 0 Å². The lowest BCUT2D eigenvalue weighted by atomic mass is 10.0. The predicted octanol–water partition coefficient (Wildman–Crippen LogP) is 5.02. The molecule has 0 aromatic rings. The van der Waals surface area contributed by atoms with Gasteiger partial charge in [0.1, 0.15) is 0 Å². The molecule has 0 fully saturated rings. The Morgan fingerprint density at radius 1 is 1.38 bits per heavy atom. The number of carbonyl (C=O) groups is 1. The van der Waals surface area contributed by atoms with Gasteiger partial charge >= 0.3 is 0 Å². The number of allylic oxidation sites excluding steroid dienone is 4. The van der Waals surface area contributed by atoms with Crippen molar-refractivity contribution in [1.29, 1.82) is 0 Å². The lowest BCUT2D eigenvalue weighted by Crippen LogP contribution is -2.03. The maximum Gasteiger partial charge on any atom is 0.156 e. The van der Waals surface area contributed by atoms with Crippen molar-refractivity contribution in [2.45, 2.75) is 53.4 Å². The molecule has 0 N–H and O–H groups in total. The van der Waals surface area contributed by atoms with Crippen LogP contribution in [-0.4, -0.2) is 5.78 Å². The van der Waals surface area contributed by atoms with Crippen molar-refractivity contribution in [3.63, 3.8) is 0 Å². The van der Waals surface area contributed by atoms with Crippen LogP contribution >= 0.6 is 15.9 Å². The number of unbranched alkanes of at least 4 members (excludes halogenated alkanes) is 2. The largest absolute Gasteiger partial charge is 0.295 e. The predicted molar refractivity (Wildman–Crippen MR) is 74.8 cm³/mol. The molecule has 0 heterocycles. The summed E-state index contributed by atoms with van der Waals surface area (Å²) in [6.07, 6.45) is 8.03. The first-order chi connectivity index (χ1) is 7.47. The smallest absolute Gasteiger partial charge is 0.156 e. The molecule has 0 amide bonds. The standard InChI is InChI=1S/C14H23BrO/c1-5-6-7-8-14(15)12(4)10-13(16)9-11(2)3/h8-9,12H,5-7,10H2,1-4H3/b14-8-. The summed E-state index contributed by atoms with van der Waals surface area (Å²) in [5, 5.41) is 0. The van der Waals surface area contributed by atoms with E-state index in [1.165, 1.54) is 12.8 Å². The lowest BCUT2D eigenvalue weighted by molar-refractivity contribution is -0.115. The Labute approximate surface area is 108 Å². The van der Waals surface area contributed by atoms with E-state index in [2.05, 4.69) is 35.9 Å². The topological polar surface area (TPSA) is 17.1 Å². The molecule has 16 heavy (non-hydrogen) atoms. The van der Waals surface area contributed by atoms with E-state index in [4.69, 9.17) is 0 Å². The SMILES string of the molecule is CCCC/C=C(\Br)C(C)CC(=O)C=C(C)C. The van der Waals surface area contributed by atoms with Crippen LogP contribution in [0.25, 0.3) is 0 Å². The normalized spacial score (nSPS) is 13.4. The molecule has 0 aromatic carbocycles. The highest BCUT2D eigenvalue weighted by molar-refractivity contribution is 9.11. The molecule has 0 aliphatic heterocycles. The molecule has 92 valence electrons. The van der Waals surface area contributed by atoms with Gasteiger partial charge in [0, 0.05) is 6.42 Å². The van der Waals surface area contributed by atoms with Crippen LogP contribution in [0.3, 0.4) is 0 Å². The Kier molecular flexibility index (Phi) is 8.54. The second kappa shape index (κ2) is 8.74. The Hall–Kier alpha value is -0.370. The van der Waals surface area contributed by atoms with Crippen molar-refractivity contribution in [3.8, 4) is 0 Å². The average molecular weight is 287 g/mol. The second-order valence-corrected chi connectivity index (χ2v) is 5.44. The van der Waals surface area contributed by atoms with Crippen LogP contribution in [0.2, 0.25) is 0 Å². The van der Waals surface area contributed by atoms with Gasteiger partial charge in [-0.2, -0.15) is 0 Å². The summed E-state index contributed by atoms with van der Waals surface area (Å²) in [6, 6.07) is 0. The maximum atomic E-state index is 11.6. The summed E-state index contributed by atoms with van der Waals surface area (Å²) >= 11 is 3.56. The number of hydrogen-bond acceptors (Lipinski definition) is 1. The van der Waals surface area contributed by atoms with E-state index in [0.29, 0.717) is 12.3 Å². The van der Waals surface area contributed by atoms with Crippen LogP contribution in [0.4, 0.5) is 0 Å². The zero-order valence-corrected chi connectivity index (χ0v) is 12.4. The van der Waals surface area contributed by atoms with Crippen molar-refractivity contribution >= 4 is 21.7 Å². The molecule has 2 heteroatoms. The summed E-state index contributed by atoms with van der Waals surface area (Å²) in [7, 11) is 0. The molecule has 0 saturated carbocycles. The Morgan fingerprint density at radius 2 is 2.00 bits per heavy atom. The molecule has 0 aliphatic rings. The van der Waals surface area contributed by atoms with Crippen molar-refractivity contribution in [2.24, 2.45) is 5.92 Å². The fourth-order valence-electron chi connectivity index (χ4n) is 1.43. The van der Waals surface area contributed by atoms with E-state index in [1.807, 2.05) is 13.8 Å². The molecule has 0 aliphatic carbocycles. The van der Waals surface area contributed by atoms with Crippen LogP contribution in [0.1, 0.15) is 53.4 Å². The summed E-state index contributed by atoms with van der Waals surface area (Å²) in [4.78, 5) is 11.6. The van der Waals surface area contributed by atoms with Gasteiger partial charge in [-0.25, -0.2) is 0 Å². The lowest BCUT2D eigenvalue weighted by Gasteiger charge is -2.08. The molecule has 1 atom stereocenters. The minimum absolute atomic E-state index is 0.216. The van der Waals surface area contributed by atoms with E-state index in [9.17, 15) is 4.79 Å². The third-order valence-electron chi connectivity index (χ3n) is 2.32. The highest BCUT2D eigenvalue weighted by atomic mass is 79.9. The van der Waals surface area contributed by atoms with E-state index < -0.39 is 0 Å². The molecule has 0 spiro atoms. The van der Waals surface area contributed by atoms with Crippen LogP contribution in [0.15, 0.2) is 22.2 Å². The molecular formula is C14H23BrO. The minimum Gasteiger partial charge on any atom is -0.295 e. The average Bonchev–Trinajstić information content (AvgIpc) is 2.16. The molecular weight excluding hydrogens is 264 g/mol. The Bertz CT molecular complexity index is 272. The number of rotatable bonds is 7. The molecule has 0 rings (SSSR count). The van der Waals surface area contributed by atoms with Crippen molar-refractivity contribution in [1.82, 2.24) is 0 Å². The van der Waals surface area contributed by atoms with E-state index in [-0.39, 0.29) is 5.78 Å². The quantitative estimate of drug-likeness (QED) is 0.475. The summed E-state index contributed by atoms with van der Waals surface area (Å²) < 4.78 is 1.16. The highest BCUT2D eigenvalue weighted by Gasteiger charge is 2.09. The fraction of sp³-hybridized carbons (Fsp3) is 0.643. The van der Waals surface area contributed by atoms with Gasteiger partial charge in [-0.05, 0) is 36.7 Å². The first-order valence-electron chi connectivity index (χ1n) is 6.00. The van der Waals surface area contributed by atoms with Gasteiger partial charge < -0.3 is 0 Å². The molecule has 1 unspecified atom stereocenters. The number of halogens is 1. The highest BCUT2D eigenvalue weighted by Crippen LogP contribution is 2.22. The minimum atomic E-state index is 0.216. The van der Waals surface area contributed by atoms with Gasteiger partial charge in [-0.1, -0.05) is 54.3 Å². The molecule has 0 saturated heterocycles. The second-order valence-electron chi connectivity index (χ2n) is 4.52. The monoisotopic (exact) mass is 286 g/mol. The number of carbonyl (C=O) groups excluding carboxylic acids is 1. The third-order valence-corrected chi connectivity index (χ3v) is 3.43. The molecule has 0 aromatic heterocycles. The first-order valence-corrected chi connectivity index (χ1v) is 6.80. The summed E-state index contributed by atoms with van der Waals surface area (Å²) in [5.74, 6) is 0.508. The van der Waals surface area contributed by atoms with E-state index in [1.54, 1.807) is 6.08 Å². The Morgan fingerprint density at radius 3 is 2.50 bits per heavy atom. The summed E-state index contributed by atoms with van der Waals surface area (Å²) in [6.45, 7) is 8.18. The van der Waals surface area contributed by atoms with Gasteiger partial charge in [0.2, 0.25) is 0 Å². The van der Waals surface area contributed by atoms with E-state index in [0.717, 1.165) is 16.5 Å². The zero-order chi connectivity index (χ0) is 12.6. The van der Waals surface area contributed by atoms with E-state index >= 15 is 0 Å². The van der Waals surface area contributed by atoms with Crippen LogP contribution < -0.4 is 0 Å². The van der Waals surface area contributed by atoms with Crippen molar-refractivity contribution in [3.05, 3.63) is 22.2 Å². The molecule has 0 radical (unpaired) electrons. The van der Waals surface area contributed by atoms with Gasteiger partial charge in [0.05, 0.1) is 0 Å². The third kappa shape index (κ3) is 7.86. The molecule has 1 nitrogen and oxygen atoms in total. The zero-order valence-electron chi connectivity index (χ0n) is 10.8. The first kappa shape index (κ1) is 15.6. The molecule has 0 bridgehead atoms. The Balaban J connectivity index is 4.14. The van der Waals surface area contributed by atoms with Gasteiger partial charge in [-0.3, -0.25) is 4.79 Å². The van der Waals surface area contributed by atoms with Crippen LogP contribution in [-0.2, 0) is 4.79 Å². The summed E-state index contributed by atoms with van der Waals surface area (Å²) in [5.41, 5.74) is 1.07. The van der Waals surface area contributed by atoms with Crippen molar-refractivity contribution < 1.29 is 4.79 Å². The van der Waals surface area contributed by atoms with Gasteiger partial charge in [0.25, 0.3) is 0 Å². The van der Waals surface area contributed by atoms with Crippen LogP contribution in [0.5, 0.6) is 0 Å². The number of hydrogen-bond donors (Lipinski definition) is 0. The fourth-order valence-corrected chi connectivity index (χ4v) is 1.82. The maximum absolute atomic E-state index is 11.6. The number of ketones is 1. The van der Waals surface area contributed by atoms with Crippen LogP contribution in [0, 0.1) is 5.92 Å². The van der Waals surface area contributed by atoms with Crippen molar-refractivity contribution in [2.75, 3.05) is 0 Å².